The third kappa shape index (κ3) is 3.23. The minimum Gasteiger partial charge on any atom is -0.480 e. The summed E-state index contributed by atoms with van der Waals surface area (Å²) in [5.41, 5.74) is -0.511. The minimum atomic E-state index is -0.977. The molecule has 20 heavy (non-hydrogen) atoms. The number of ether oxygens (including phenoxy) is 1. The van der Waals surface area contributed by atoms with E-state index in [9.17, 15) is 9.59 Å². The number of carboxylic acid groups (broad SMARTS) is 1. The SMILES string of the molecule is CC1CCN(C(=O)N2CC(C)(OCC(=O)O)C2)CC1C. The molecule has 0 aromatic heterocycles. The zero-order valence-corrected chi connectivity index (χ0v) is 12.5. The fourth-order valence-corrected chi connectivity index (χ4v) is 2.86. The van der Waals surface area contributed by atoms with Gasteiger partial charge in [-0.3, -0.25) is 0 Å². The average Bonchev–Trinajstić information content (AvgIpc) is 2.35. The predicted molar refractivity (Wildman–Crippen MR) is 73.5 cm³/mol. The molecule has 2 unspecified atom stereocenters. The monoisotopic (exact) mass is 284 g/mol. The molecular weight excluding hydrogens is 260 g/mol. The second-order valence-corrected chi connectivity index (χ2v) is 6.46. The van der Waals surface area contributed by atoms with Crippen LogP contribution in [0.4, 0.5) is 4.79 Å². The highest BCUT2D eigenvalue weighted by Gasteiger charge is 2.44. The maximum atomic E-state index is 12.3. The first-order chi connectivity index (χ1) is 9.31. The molecule has 6 nitrogen and oxygen atoms in total. The largest absolute Gasteiger partial charge is 0.480 e. The molecule has 0 bridgehead atoms. The van der Waals surface area contributed by atoms with Crippen LogP contribution < -0.4 is 0 Å². The zero-order chi connectivity index (χ0) is 14.9. The lowest BCUT2D eigenvalue weighted by Gasteiger charge is -2.49. The highest BCUT2D eigenvalue weighted by molar-refractivity contribution is 5.76. The van der Waals surface area contributed by atoms with Gasteiger partial charge in [-0.15, -0.1) is 0 Å². The Hall–Kier alpha value is -1.30. The zero-order valence-electron chi connectivity index (χ0n) is 12.5. The first-order valence-electron chi connectivity index (χ1n) is 7.20. The molecule has 2 fully saturated rings. The molecule has 2 amide bonds. The number of urea groups is 1. The summed E-state index contributed by atoms with van der Waals surface area (Å²) in [6.45, 7) is 8.51. The normalized spacial score (nSPS) is 28.9. The number of nitrogens with zero attached hydrogens (tertiary/aromatic N) is 2. The van der Waals surface area contributed by atoms with Crippen molar-refractivity contribution in [3.8, 4) is 0 Å². The maximum Gasteiger partial charge on any atom is 0.329 e. The van der Waals surface area contributed by atoms with E-state index in [4.69, 9.17) is 9.84 Å². The smallest absolute Gasteiger partial charge is 0.329 e. The van der Waals surface area contributed by atoms with E-state index in [2.05, 4.69) is 13.8 Å². The Labute approximate surface area is 119 Å². The average molecular weight is 284 g/mol. The van der Waals surface area contributed by atoms with Crippen molar-refractivity contribution < 1.29 is 19.4 Å². The summed E-state index contributed by atoms with van der Waals surface area (Å²) in [7, 11) is 0. The first-order valence-corrected chi connectivity index (χ1v) is 7.20. The van der Waals surface area contributed by atoms with Crippen LogP contribution in [0, 0.1) is 11.8 Å². The molecule has 0 aliphatic carbocycles. The molecule has 2 aliphatic rings. The van der Waals surface area contributed by atoms with Crippen molar-refractivity contribution in [3.05, 3.63) is 0 Å². The van der Waals surface area contributed by atoms with Crippen LogP contribution in [0.5, 0.6) is 0 Å². The number of carboxylic acids is 1. The van der Waals surface area contributed by atoms with Crippen LogP contribution >= 0.6 is 0 Å². The number of piperidine rings is 1. The topological polar surface area (TPSA) is 70.1 Å². The molecular formula is C14H24N2O4. The van der Waals surface area contributed by atoms with Crippen LogP contribution in [0.25, 0.3) is 0 Å². The summed E-state index contributed by atoms with van der Waals surface area (Å²) in [6.07, 6.45) is 1.05. The third-order valence-electron chi connectivity index (χ3n) is 4.47. The highest BCUT2D eigenvalue weighted by Crippen LogP contribution is 2.28. The van der Waals surface area contributed by atoms with Gasteiger partial charge < -0.3 is 19.6 Å². The van der Waals surface area contributed by atoms with E-state index < -0.39 is 11.6 Å². The third-order valence-corrected chi connectivity index (χ3v) is 4.47. The number of carbonyl (C=O) groups is 2. The number of aliphatic carboxylic acids is 1. The number of carbonyl (C=O) groups excluding carboxylic acids is 1. The molecule has 0 aromatic carbocycles. The van der Waals surface area contributed by atoms with Gasteiger partial charge in [-0.1, -0.05) is 13.8 Å². The maximum absolute atomic E-state index is 12.3. The second-order valence-electron chi connectivity index (χ2n) is 6.46. The Morgan fingerprint density at radius 3 is 2.45 bits per heavy atom. The van der Waals surface area contributed by atoms with Gasteiger partial charge in [0, 0.05) is 13.1 Å². The summed E-state index contributed by atoms with van der Waals surface area (Å²) >= 11 is 0. The quantitative estimate of drug-likeness (QED) is 0.847. The molecule has 0 radical (unpaired) electrons. The lowest BCUT2D eigenvalue weighted by Crippen LogP contribution is -2.66. The van der Waals surface area contributed by atoms with Gasteiger partial charge in [0.2, 0.25) is 0 Å². The highest BCUT2D eigenvalue weighted by atomic mass is 16.5. The Kier molecular flexibility index (Phi) is 4.22. The van der Waals surface area contributed by atoms with Gasteiger partial charge in [-0.2, -0.15) is 0 Å². The number of hydrogen-bond acceptors (Lipinski definition) is 3. The summed E-state index contributed by atoms with van der Waals surface area (Å²) < 4.78 is 5.32. The van der Waals surface area contributed by atoms with Crippen molar-refractivity contribution in [2.24, 2.45) is 11.8 Å². The van der Waals surface area contributed by atoms with Gasteiger partial charge >= 0.3 is 12.0 Å². The van der Waals surface area contributed by atoms with Crippen LogP contribution in [-0.2, 0) is 9.53 Å². The van der Waals surface area contributed by atoms with Crippen molar-refractivity contribution in [1.82, 2.24) is 9.80 Å². The summed E-state index contributed by atoms with van der Waals surface area (Å²) in [6, 6.07) is 0.0557. The van der Waals surface area contributed by atoms with Crippen LogP contribution in [0.2, 0.25) is 0 Å². The number of hydrogen-bond donors (Lipinski definition) is 1. The lowest BCUT2D eigenvalue weighted by atomic mass is 9.88. The molecule has 0 saturated carbocycles. The van der Waals surface area contributed by atoms with Crippen LogP contribution in [0.3, 0.4) is 0 Å². The van der Waals surface area contributed by atoms with Crippen molar-refractivity contribution >= 4 is 12.0 Å². The van der Waals surface area contributed by atoms with Gasteiger partial charge in [-0.25, -0.2) is 9.59 Å². The molecule has 6 heteroatoms. The summed E-state index contributed by atoms with van der Waals surface area (Å²) in [5, 5.41) is 8.62. The molecule has 114 valence electrons. The Balaban J connectivity index is 1.80. The van der Waals surface area contributed by atoms with Crippen molar-refractivity contribution in [3.63, 3.8) is 0 Å². The predicted octanol–water partition coefficient (Wildman–Crippen LogP) is 1.26. The van der Waals surface area contributed by atoms with Gasteiger partial charge in [0.1, 0.15) is 12.2 Å². The molecule has 2 aliphatic heterocycles. The molecule has 2 heterocycles. The van der Waals surface area contributed by atoms with Gasteiger partial charge in [0.05, 0.1) is 13.1 Å². The van der Waals surface area contributed by atoms with E-state index in [0.717, 1.165) is 19.5 Å². The number of rotatable bonds is 3. The fourth-order valence-electron chi connectivity index (χ4n) is 2.86. The van der Waals surface area contributed by atoms with E-state index in [1.54, 1.807) is 4.90 Å². The van der Waals surface area contributed by atoms with Crippen molar-refractivity contribution in [2.75, 3.05) is 32.8 Å². The number of likely N-dealkylation sites (tertiary alicyclic amines) is 2. The summed E-state index contributed by atoms with van der Waals surface area (Å²) in [5.74, 6) is 0.220. The molecule has 0 spiro atoms. The Morgan fingerprint density at radius 1 is 1.25 bits per heavy atom. The van der Waals surface area contributed by atoms with Crippen molar-refractivity contribution in [2.45, 2.75) is 32.8 Å². The van der Waals surface area contributed by atoms with E-state index in [1.807, 2.05) is 11.8 Å². The van der Waals surface area contributed by atoms with Crippen molar-refractivity contribution in [1.29, 1.82) is 0 Å². The van der Waals surface area contributed by atoms with E-state index in [1.165, 1.54) is 0 Å². The molecule has 2 saturated heterocycles. The van der Waals surface area contributed by atoms with E-state index in [-0.39, 0.29) is 12.6 Å². The van der Waals surface area contributed by atoms with E-state index >= 15 is 0 Å². The van der Waals surface area contributed by atoms with Gasteiger partial charge in [0.25, 0.3) is 0 Å². The van der Waals surface area contributed by atoms with Gasteiger partial charge in [0.15, 0.2) is 0 Å². The Bertz CT molecular complexity index is 393. The standard InChI is InChI=1S/C14H24N2O4/c1-10-4-5-15(6-11(10)2)13(19)16-8-14(3,9-16)20-7-12(17)18/h10-11H,4-9H2,1-3H3,(H,17,18). The second kappa shape index (κ2) is 5.60. The van der Waals surface area contributed by atoms with Crippen LogP contribution in [-0.4, -0.2) is 65.3 Å². The Morgan fingerprint density at radius 2 is 1.90 bits per heavy atom. The van der Waals surface area contributed by atoms with Crippen LogP contribution in [0.1, 0.15) is 27.2 Å². The van der Waals surface area contributed by atoms with E-state index in [0.29, 0.717) is 24.9 Å². The fraction of sp³-hybridized carbons (Fsp3) is 0.857. The minimum absolute atomic E-state index is 0.0557. The lowest BCUT2D eigenvalue weighted by molar-refractivity contribution is -0.160. The molecule has 2 atom stereocenters. The molecule has 1 N–H and O–H groups in total. The summed E-state index contributed by atoms with van der Waals surface area (Å²) in [4.78, 5) is 26.5. The molecule has 0 aromatic rings. The number of amides is 2. The first kappa shape index (κ1) is 15.1. The van der Waals surface area contributed by atoms with Crippen LogP contribution in [0.15, 0.2) is 0 Å². The molecule has 2 rings (SSSR count). The van der Waals surface area contributed by atoms with Gasteiger partial charge in [-0.05, 0) is 25.2 Å².